The highest BCUT2D eigenvalue weighted by Crippen LogP contribution is 2.05. The third-order valence-electron chi connectivity index (χ3n) is 3.14. The number of hydrogen-bond acceptors (Lipinski definition) is 4. The summed E-state index contributed by atoms with van der Waals surface area (Å²) in [7, 11) is 1.55. The molecule has 130 valence electrons. The van der Waals surface area contributed by atoms with Crippen molar-refractivity contribution in [2.75, 3.05) is 20.2 Å². The first-order chi connectivity index (χ1) is 11.0. The lowest BCUT2D eigenvalue weighted by Crippen LogP contribution is -2.46. The molecule has 0 aliphatic carbocycles. The minimum atomic E-state index is -0.554. The number of hydrogen-bond donors (Lipinski definition) is 3. The van der Waals surface area contributed by atoms with E-state index in [0.29, 0.717) is 18.6 Å². The fourth-order valence-corrected chi connectivity index (χ4v) is 1.86. The van der Waals surface area contributed by atoms with E-state index in [1.165, 1.54) is 0 Å². The lowest BCUT2D eigenvalue weighted by molar-refractivity contribution is -0.130. The zero-order valence-electron chi connectivity index (χ0n) is 14.0. The first-order valence-corrected chi connectivity index (χ1v) is 7.81. The van der Waals surface area contributed by atoms with E-state index in [1.54, 1.807) is 19.3 Å². The van der Waals surface area contributed by atoms with Crippen LogP contribution in [0.25, 0.3) is 0 Å². The molecule has 0 unspecified atom stereocenters. The second-order valence-electron chi connectivity index (χ2n) is 5.04. The van der Waals surface area contributed by atoms with Gasteiger partial charge in [-0.05, 0) is 31.9 Å². The van der Waals surface area contributed by atoms with E-state index < -0.39 is 6.04 Å². The number of allylic oxidation sites excluding steroid dienone is 2. The van der Waals surface area contributed by atoms with Crippen LogP contribution in [-0.4, -0.2) is 38.1 Å². The molecule has 0 aliphatic heterocycles. The van der Waals surface area contributed by atoms with E-state index in [-0.39, 0.29) is 18.4 Å². The molecule has 0 bridgehead atoms. The molecule has 0 radical (unpaired) electrons. The SMILES string of the molecule is C=CCCC(=C)OCC(=O)N[C@@H](CCCCNC=C)C(=O)NC. The standard InChI is InChI=1S/C17H29N3O3/c1-5-7-10-14(3)23-13-16(21)20-15(17(22)18-4)11-8-9-12-19-6-2/h5-6,15,19H,1-3,7-13H2,4H3,(H,18,22)(H,20,21)/t15-/m0/s1. The maximum absolute atomic E-state index is 11.9. The normalized spacial score (nSPS) is 11.0. The molecule has 6 heteroatoms. The van der Waals surface area contributed by atoms with Crippen molar-refractivity contribution < 1.29 is 14.3 Å². The van der Waals surface area contributed by atoms with E-state index in [2.05, 4.69) is 35.7 Å². The molecule has 0 spiro atoms. The largest absolute Gasteiger partial charge is 0.489 e. The van der Waals surface area contributed by atoms with Gasteiger partial charge in [-0.1, -0.05) is 19.2 Å². The van der Waals surface area contributed by atoms with Gasteiger partial charge in [0.2, 0.25) is 5.91 Å². The molecule has 0 rings (SSSR count). The molecular formula is C17H29N3O3. The summed E-state index contributed by atoms with van der Waals surface area (Å²) in [4.78, 5) is 23.7. The van der Waals surface area contributed by atoms with Crippen LogP contribution in [0, 0.1) is 0 Å². The zero-order chi connectivity index (χ0) is 17.5. The number of rotatable bonds is 14. The summed E-state index contributed by atoms with van der Waals surface area (Å²) in [6.45, 7) is 11.6. The molecule has 2 amide bonds. The minimum Gasteiger partial charge on any atom is -0.489 e. The molecule has 3 N–H and O–H groups in total. The number of likely N-dealkylation sites (N-methyl/N-ethyl adjacent to an activating group) is 1. The topological polar surface area (TPSA) is 79.5 Å². The van der Waals surface area contributed by atoms with E-state index in [4.69, 9.17) is 4.74 Å². The molecule has 1 atom stereocenters. The van der Waals surface area contributed by atoms with Crippen LogP contribution in [0.3, 0.4) is 0 Å². The Kier molecular flexibility index (Phi) is 12.1. The Morgan fingerprint density at radius 2 is 2.00 bits per heavy atom. The average molecular weight is 323 g/mol. The van der Waals surface area contributed by atoms with Crippen LogP contribution in [0.1, 0.15) is 32.1 Å². The van der Waals surface area contributed by atoms with Crippen molar-refractivity contribution in [2.24, 2.45) is 0 Å². The van der Waals surface area contributed by atoms with Crippen LogP contribution in [0.2, 0.25) is 0 Å². The van der Waals surface area contributed by atoms with Gasteiger partial charge in [0.15, 0.2) is 6.61 Å². The van der Waals surface area contributed by atoms with Gasteiger partial charge in [-0.25, -0.2) is 0 Å². The molecule has 23 heavy (non-hydrogen) atoms. The van der Waals surface area contributed by atoms with Crippen molar-refractivity contribution in [3.05, 3.63) is 37.8 Å². The maximum atomic E-state index is 11.9. The van der Waals surface area contributed by atoms with Crippen molar-refractivity contribution >= 4 is 11.8 Å². The molecule has 0 aromatic rings. The van der Waals surface area contributed by atoms with Crippen LogP contribution in [-0.2, 0) is 14.3 Å². The van der Waals surface area contributed by atoms with Crippen LogP contribution in [0.5, 0.6) is 0 Å². The second-order valence-corrected chi connectivity index (χ2v) is 5.04. The number of ether oxygens (including phenoxy) is 1. The maximum Gasteiger partial charge on any atom is 0.258 e. The molecule has 6 nitrogen and oxygen atoms in total. The third-order valence-corrected chi connectivity index (χ3v) is 3.14. The van der Waals surface area contributed by atoms with E-state index in [9.17, 15) is 9.59 Å². The summed E-state index contributed by atoms with van der Waals surface area (Å²) >= 11 is 0. The van der Waals surface area contributed by atoms with Crippen LogP contribution in [0.15, 0.2) is 37.8 Å². The van der Waals surface area contributed by atoms with Gasteiger partial charge in [-0.2, -0.15) is 0 Å². The second kappa shape index (κ2) is 13.4. The average Bonchev–Trinajstić information content (AvgIpc) is 2.56. The summed E-state index contributed by atoms with van der Waals surface area (Å²) in [5, 5.41) is 8.25. The fourth-order valence-electron chi connectivity index (χ4n) is 1.86. The lowest BCUT2D eigenvalue weighted by Gasteiger charge is -2.17. The fraction of sp³-hybridized carbons (Fsp3) is 0.529. The Balaban J connectivity index is 4.17. The third kappa shape index (κ3) is 11.0. The van der Waals surface area contributed by atoms with Gasteiger partial charge in [0, 0.05) is 20.0 Å². The monoisotopic (exact) mass is 323 g/mol. The number of unbranched alkanes of at least 4 members (excludes halogenated alkanes) is 1. The van der Waals surface area contributed by atoms with E-state index in [1.807, 2.05) is 0 Å². The Hall–Kier alpha value is -2.24. The predicted molar refractivity (Wildman–Crippen MR) is 92.6 cm³/mol. The first-order valence-electron chi connectivity index (χ1n) is 7.81. The minimum absolute atomic E-state index is 0.137. The number of nitrogens with one attached hydrogen (secondary N) is 3. The molecule has 0 aromatic heterocycles. The quantitative estimate of drug-likeness (QED) is 0.258. The smallest absolute Gasteiger partial charge is 0.258 e. The van der Waals surface area contributed by atoms with Crippen LogP contribution < -0.4 is 16.0 Å². The van der Waals surface area contributed by atoms with E-state index >= 15 is 0 Å². The van der Waals surface area contributed by atoms with Gasteiger partial charge in [-0.15, -0.1) is 6.58 Å². The molecule has 0 aliphatic rings. The highest BCUT2D eigenvalue weighted by Gasteiger charge is 2.19. The Morgan fingerprint density at radius 3 is 2.61 bits per heavy atom. The highest BCUT2D eigenvalue weighted by atomic mass is 16.5. The molecule has 0 saturated heterocycles. The molecule has 0 saturated carbocycles. The molecule has 0 aromatic carbocycles. The van der Waals surface area contributed by atoms with Crippen molar-refractivity contribution in [3.63, 3.8) is 0 Å². The zero-order valence-corrected chi connectivity index (χ0v) is 14.0. The summed E-state index contributed by atoms with van der Waals surface area (Å²) in [6.07, 6.45) is 7.05. The predicted octanol–water partition coefficient (Wildman–Crippen LogP) is 1.62. The van der Waals surface area contributed by atoms with Crippen LogP contribution >= 0.6 is 0 Å². The van der Waals surface area contributed by atoms with Crippen molar-refractivity contribution in [2.45, 2.75) is 38.1 Å². The highest BCUT2D eigenvalue weighted by molar-refractivity contribution is 5.87. The summed E-state index contributed by atoms with van der Waals surface area (Å²) < 4.78 is 5.27. The number of carbonyl (C=O) groups excluding carboxylic acids is 2. The number of carbonyl (C=O) groups is 2. The van der Waals surface area contributed by atoms with Gasteiger partial charge < -0.3 is 20.7 Å². The van der Waals surface area contributed by atoms with Gasteiger partial charge in [-0.3, -0.25) is 9.59 Å². The number of amides is 2. The van der Waals surface area contributed by atoms with Gasteiger partial charge in [0.25, 0.3) is 5.91 Å². The summed E-state index contributed by atoms with van der Waals surface area (Å²) in [5.74, 6) is -0.00451. The Labute approximate surface area is 139 Å². The Bertz CT molecular complexity index is 408. The van der Waals surface area contributed by atoms with Gasteiger partial charge in [0.05, 0.1) is 5.76 Å². The van der Waals surface area contributed by atoms with Gasteiger partial charge >= 0.3 is 0 Å². The van der Waals surface area contributed by atoms with Crippen molar-refractivity contribution in [1.29, 1.82) is 0 Å². The summed E-state index contributed by atoms with van der Waals surface area (Å²) in [6, 6.07) is -0.554. The molecule has 0 fully saturated rings. The summed E-state index contributed by atoms with van der Waals surface area (Å²) in [5.41, 5.74) is 0. The molecular weight excluding hydrogens is 294 g/mol. The Morgan fingerprint density at radius 1 is 1.26 bits per heavy atom. The van der Waals surface area contributed by atoms with Crippen molar-refractivity contribution in [1.82, 2.24) is 16.0 Å². The molecule has 0 heterocycles. The van der Waals surface area contributed by atoms with Gasteiger partial charge in [0.1, 0.15) is 6.04 Å². The van der Waals surface area contributed by atoms with E-state index in [0.717, 1.165) is 25.8 Å². The lowest BCUT2D eigenvalue weighted by atomic mass is 10.1. The van der Waals surface area contributed by atoms with Crippen molar-refractivity contribution in [3.8, 4) is 0 Å². The van der Waals surface area contributed by atoms with Crippen LogP contribution in [0.4, 0.5) is 0 Å². The first kappa shape index (κ1) is 20.8.